The van der Waals surface area contributed by atoms with Crippen LogP contribution < -0.4 is 0 Å². The molecule has 1 aliphatic heterocycles. The van der Waals surface area contributed by atoms with E-state index in [0.29, 0.717) is 5.92 Å². The van der Waals surface area contributed by atoms with Crippen LogP contribution in [0.4, 0.5) is 0 Å². The quantitative estimate of drug-likeness (QED) is 0.620. The van der Waals surface area contributed by atoms with E-state index in [1.807, 2.05) is 12.1 Å². The predicted molar refractivity (Wildman–Crippen MR) is 99.0 cm³/mol. The molecular weight excluding hydrogens is 364 g/mol. The third-order valence-electron chi connectivity index (χ3n) is 5.20. The van der Waals surface area contributed by atoms with Crippen LogP contribution in [-0.4, -0.2) is 11.1 Å². The molecule has 2 aliphatic rings. The van der Waals surface area contributed by atoms with Crippen molar-refractivity contribution in [2.45, 2.75) is 43.7 Å². The van der Waals surface area contributed by atoms with Gasteiger partial charge in [0.2, 0.25) is 0 Å². The Balaban J connectivity index is 1.68. The van der Waals surface area contributed by atoms with E-state index in [1.54, 1.807) is 0 Å². The fourth-order valence-corrected chi connectivity index (χ4v) is 4.59. The lowest BCUT2D eigenvalue weighted by Gasteiger charge is -2.36. The summed E-state index contributed by atoms with van der Waals surface area (Å²) in [5, 5.41) is 1.02. The molecule has 2 aromatic carbocycles. The van der Waals surface area contributed by atoms with Crippen LogP contribution >= 0.6 is 15.9 Å². The normalized spacial score (nSPS) is 33.0. The molecule has 0 N–H and O–H groups in total. The van der Waals surface area contributed by atoms with Crippen LogP contribution in [0, 0.1) is 5.92 Å². The first-order valence-corrected chi connectivity index (χ1v) is 9.93. The van der Waals surface area contributed by atoms with Gasteiger partial charge >= 0.3 is 0 Å². The molecule has 1 saturated heterocycles. The highest BCUT2D eigenvalue weighted by molar-refractivity contribution is 9.09. The lowest BCUT2D eigenvalue weighted by atomic mass is 9.86. The number of halogens is 1. The molecule has 1 spiro atoms. The highest BCUT2D eigenvalue weighted by atomic mass is 79.9. The molecular formula is C21H23BrO2. The summed E-state index contributed by atoms with van der Waals surface area (Å²) in [7, 11) is 0. The van der Waals surface area contributed by atoms with E-state index in [1.165, 1.54) is 24.0 Å². The number of alkyl halides is 1. The van der Waals surface area contributed by atoms with E-state index in [4.69, 9.17) is 9.47 Å². The highest BCUT2D eigenvalue weighted by Crippen LogP contribution is 2.53. The van der Waals surface area contributed by atoms with Gasteiger partial charge in [-0.15, -0.1) is 0 Å². The van der Waals surface area contributed by atoms with Crippen molar-refractivity contribution in [1.29, 1.82) is 0 Å². The zero-order valence-corrected chi connectivity index (χ0v) is 15.3. The van der Waals surface area contributed by atoms with Crippen LogP contribution in [0.2, 0.25) is 0 Å². The largest absolute Gasteiger partial charge is 0.339 e. The topological polar surface area (TPSA) is 18.5 Å². The number of hydrogen-bond acceptors (Lipinski definition) is 2. The van der Waals surface area contributed by atoms with Crippen LogP contribution in [0.25, 0.3) is 0 Å². The van der Waals surface area contributed by atoms with Gasteiger partial charge in [-0.1, -0.05) is 76.6 Å². The average molecular weight is 387 g/mol. The van der Waals surface area contributed by atoms with Gasteiger partial charge in [-0.2, -0.15) is 0 Å². The first-order valence-electron chi connectivity index (χ1n) is 8.81. The molecule has 2 fully saturated rings. The van der Waals surface area contributed by atoms with Crippen molar-refractivity contribution in [2.24, 2.45) is 5.92 Å². The Morgan fingerprint density at radius 2 is 1.42 bits per heavy atom. The summed E-state index contributed by atoms with van der Waals surface area (Å²) >= 11 is 3.65. The van der Waals surface area contributed by atoms with Crippen molar-refractivity contribution >= 4 is 15.9 Å². The molecule has 1 aliphatic carbocycles. The monoisotopic (exact) mass is 386 g/mol. The predicted octanol–water partition coefficient (Wildman–Crippen LogP) is 5.80. The summed E-state index contributed by atoms with van der Waals surface area (Å²) in [6.45, 7) is 0. The summed E-state index contributed by atoms with van der Waals surface area (Å²) in [4.78, 5) is 0. The fourth-order valence-electron chi connectivity index (χ4n) is 4.04. The molecule has 0 aromatic heterocycles. The van der Waals surface area contributed by atoms with Gasteiger partial charge in [0.15, 0.2) is 5.79 Å². The number of rotatable bonds is 3. The summed E-state index contributed by atoms with van der Waals surface area (Å²) in [6.07, 6.45) is 4.31. The van der Waals surface area contributed by atoms with Crippen molar-refractivity contribution in [3.05, 3.63) is 71.8 Å². The molecule has 126 valence electrons. The zero-order valence-electron chi connectivity index (χ0n) is 13.7. The first-order chi connectivity index (χ1) is 11.8. The smallest absolute Gasteiger partial charge is 0.170 e. The van der Waals surface area contributed by atoms with Gasteiger partial charge in [0.1, 0.15) is 12.2 Å². The Hall–Kier alpha value is -1.16. The van der Waals surface area contributed by atoms with E-state index in [2.05, 4.69) is 64.5 Å². The van der Waals surface area contributed by atoms with Crippen molar-refractivity contribution in [3.8, 4) is 0 Å². The van der Waals surface area contributed by atoms with Gasteiger partial charge in [-0.25, -0.2) is 0 Å². The standard InChI is InChI=1S/C21H23BrO2/c22-15-16-8-7-13-21(14-16)23-19(17-9-3-1-4-10-17)20(24-21)18-11-5-2-6-12-18/h1-6,9-12,16,19-20H,7-8,13-15H2. The Bertz CT molecular complexity index is 611. The molecule has 4 rings (SSSR count). The summed E-state index contributed by atoms with van der Waals surface area (Å²) in [5.74, 6) is 0.197. The summed E-state index contributed by atoms with van der Waals surface area (Å²) in [5.41, 5.74) is 2.40. The molecule has 24 heavy (non-hydrogen) atoms. The zero-order chi connectivity index (χ0) is 16.4. The number of hydrogen-bond donors (Lipinski definition) is 0. The minimum atomic E-state index is -0.433. The van der Waals surface area contributed by atoms with Crippen molar-refractivity contribution < 1.29 is 9.47 Å². The van der Waals surface area contributed by atoms with Gasteiger partial charge in [-0.05, 0) is 29.9 Å². The molecule has 3 atom stereocenters. The Kier molecular flexibility index (Phi) is 4.75. The average Bonchev–Trinajstić information content (AvgIpc) is 3.02. The van der Waals surface area contributed by atoms with Gasteiger partial charge in [0.05, 0.1) is 0 Å². The molecule has 0 bridgehead atoms. The van der Waals surface area contributed by atoms with E-state index in [9.17, 15) is 0 Å². The van der Waals surface area contributed by atoms with Crippen molar-refractivity contribution in [3.63, 3.8) is 0 Å². The van der Waals surface area contributed by atoms with Gasteiger partial charge in [0.25, 0.3) is 0 Å². The third kappa shape index (κ3) is 3.17. The second-order valence-corrected chi connectivity index (χ2v) is 7.57. The lowest BCUT2D eigenvalue weighted by Crippen LogP contribution is -2.37. The van der Waals surface area contributed by atoms with Gasteiger partial charge in [-0.3, -0.25) is 0 Å². The molecule has 1 heterocycles. The fraction of sp³-hybridized carbons (Fsp3) is 0.429. The van der Waals surface area contributed by atoms with Crippen LogP contribution in [0.5, 0.6) is 0 Å². The molecule has 0 amide bonds. The van der Waals surface area contributed by atoms with Crippen LogP contribution in [0.15, 0.2) is 60.7 Å². The molecule has 3 unspecified atom stereocenters. The van der Waals surface area contributed by atoms with Crippen molar-refractivity contribution in [1.82, 2.24) is 0 Å². The molecule has 0 radical (unpaired) electrons. The SMILES string of the molecule is BrCC1CCCC2(C1)OC(c1ccccc1)C(c1ccccc1)O2. The van der Waals surface area contributed by atoms with Gasteiger partial charge in [0, 0.05) is 18.2 Å². The van der Waals surface area contributed by atoms with Crippen molar-refractivity contribution in [2.75, 3.05) is 5.33 Å². The Morgan fingerprint density at radius 1 is 0.875 bits per heavy atom. The minimum Gasteiger partial charge on any atom is -0.339 e. The van der Waals surface area contributed by atoms with Crippen LogP contribution in [0.1, 0.15) is 49.0 Å². The van der Waals surface area contributed by atoms with E-state index >= 15 is 0 Å². The molecule has 2 nitrogen and oxygen atoms in total. The molecule has 2 aromatic rings. The van der Waals surface area contributed by atoms with E-state index in [0.717, 1.165) is 18.2 Å². The van der Waals surface area contributed by atoms with E-state index < -0.39 is 5.79 Å². The maximum Gasteiger partial charge on any atom is 0.170 e. The maximum atomic E-state index is 6.63. The second kappa shape index (κ2) is 6.99. The number of benzene rings is 2. The Morgan fingerprint density at radius 3 is 1.92 bits per heavy atom. The molecule has 1 saturated carbocycles. The van der Waals surface area contributed by atoms with Crippen LogP contribution in [-0.2, 0) is 9.47 Å². The van der Waals surface area contributed by atoms with Crippen LogP contribution in [0.3, 0.4) is 0 Å². The summed E-state index contributed by atoms with van der Waals surface area (Å²) in [6, 6.07) is 21.0. The molecule has 3 heteroatoms. The Labute approximate surface area is 152 Å². The summed E-state index contributed by atoms with van der Waals surface area (Å²) < 4.78 is 13.3. The third-order valence-corrected chi connectivity index (χ3v) is 6.12. The minimum absolute atomic E-state index is 0.0392. The number of ether oxygens (including phenoxy) is 2. The van der Waals surface area contributed by atoms with E-state index in [-0.39, 0.29) is 12.2 Å². The lowest BCUT2D eigenvalue weighted by molar-refractivity contribution is -0.202. The maximum absolute atomic E-state index is 6.63. The first kappa shape index (κ1) is 16.3. The highest BCUT2D eigenvalue weighted by Gasteiger charge is 2.50. The second-order valence-electron chi connectivity index (χ2n) is 6.93. The van der Waals surface area contributed by atoms with Gasteiger partial charge < -0.3 is 9.47 Å².